The van der Waals surface area contributed by atoms with E-state index in [4.69, 9.17) is 21.2 Å². The van der Waals surface area contributed by atoms with Gasteiger partial charge in [0.05, 0.1) is 18.5 Å². The van der Waals surface area contributed by atoms with Crippen molar-refractivity contribution >= 4 is 34.6 Å². The number of nitrogens with zero attached hydrogens (tertiary/aromatic N) is 1. The van der Waals surface area contributed by atoms with Crippen LogP contribution in [0.15, 0.2) is 42.5 Å². The van der Waals surface area contributed by atoms with E-state index < -0.39 is 11.7 Å². The van der Waals surface area contributed by atoms with Crippen molar-refractivity contribution in [2.45, 2.75) is 32.0 Å². The van der Waals surface area contributed by atoms with Crippen molar-refractivity contribution in [3.8, 4) is 0 Å². The molecule has 1 amide bonds. The molecule has 0 saturated heterocycles. The number of benzene rings is 2. The molecule has 2 heterocycles. The Morgan fingerprint density at radius 3 is 2.45 bits per heavy atom. The maximum Gasteiger partial charge on any atom is 0.416 e. The summed E-state index contributed by atoms with van der Waals surface area (Å²) in [6.07, 6.45) is -4.05. The van der Waals surface area contributed by atoms with Crippen LogP contribution in [-0.2, 0) is 33.5 Å². The van der Waals surface area contributed by atoms with Crippen LogP contribution < -0.4 is 0 Å². The minimum absolute atomic E-state index is 0.0756. The van der Waals surface area contributed by atoms with Gasteiger partial charge in [0.2, 0.25) is 5.91 Å². The van der Waals surface area contributed by atoms with Crippen molar-refractivity contribution in [3.63, 3.8) is 0 Å². The molecular formula is C22H18ClF3N2O3. The number of rotatable bonds is 2. The van der Waals surface area contributed by atoms with Crippen molar-refractivity contribution in [2.24, 2.45) is 0 Å². The fraction of sp³-hybridized carbons (Fsp3) is 0.273. The van der Waals surface area contributed by atoms with Gasteiger partial charge in [0, 0.05) is 34.1 Å². The van der Waals surface area contributed by atoms with Crippen LogP contribution in [0.25, 0.3) is 10.9 Å². The topological polar surface area (TPSA) is 70.2 Å². The number of fused-ring (bicyclic) bond motifs is 3. The smallest absolute Gasteiger partial charge is 0.357 e. The average Bonchev–Trinajstić information content (AvgIpc) is 3.06. The zero-order valence-corrected chi connectivity index (χ0v) is 17.2. The number of alkyl halides is 3. The number of carbonyl (C=O) groups excluding carboxylic acids is 3. The van der Waals surface area contributed by atoms with Crippen LogP contribution in [0, 0.1) is 0 Å². The lowest BCUT2D eigenvalue weighted by molar-refractivity contribution is -0.191. The van der Waals surface area contributed by atoms with Gasteiger partial charge < -0.3 is 9.88 Å². The standard InChI is InChI=1S/C21H18ClF3N2O.CO2/c1-12-10-27(11-18-20(12)16-9-15(22)6-7-17(16)26-18)19(28)8-13-2-4-14(5-3-13)21(23,24)25;2-1-3/h2-7,9,12,26H,8,10-11H2,1H3;. The first-order valence-corrected chi connectivity index (χ1v) is 9.75. The molecule has 1 aromatic heterocycles. The van der Waals surface area contributed by atoms with E-state index >= 15 is 0 Å². The normalized spacial score (nSPS) is 15.6. The van der Waals surface area contributed by atoms with E-state index in [1.165, 1.54) is 17.7 Å². The van der Waals surface area contributed by atoms with Gasteiger partial charge in [-0.1, -0.05) is 30.7 Å². The molecule has 0 saturated carbocycles. The fourth-order valence-corrected chi connectivity index (χ4v) is 4.07. The molecule has 1 N–H and O–H groups in total. The molecule has 1 aliphatic rings. The van der Waals surface area contributed by atoms with Crippen LogP contribution in [0.1, 0.15) is 35.2 Å². The molecular weight excluding hydrogens is 433 g/mol. The molecule has 0 bridgehead atoms. The SMILES string of the molecule is CC1CN(C(=O)Cc2ccc(C(F)(F)F)cc2)Cc2[nH]c3ccc(Cl)cc3c21.O=C=O. The molecule has 1 atom stereocenters. The van der Waals surface area contributed by atoms with Crippen LogP contribution in [0.4, 0.5) is 13.2 Å². The second-order valence-corrected chi connectivity index (χ2v) is 7.77. The Hall–Kier alpha value is -3.09. The quantitative estimate of drug-likeness (QED) is 0.601. The Bertz CT molecular complexity index is 1130. The highest BCUT2D eigenvalue weighted by molar-refractivity contribution is 6.31. The van der Waals surface area contributed by atoms with Gasteiger partial charge in [-0.3, -0.25) is 4.79 Å². The molecule has 1 aliphatic heterocycles. The van der Waals surface area contributed by atoms with Crippen molar-refractivity contribution in [1.29, 1.82) is 0 Å². The van der Waals surface area contributed by atoms with Gasteiger partial charge in [0.25, 0.3) is 0 Å². The number of halogens is 4. The Kier molecular flexibility index (Phi) is 6.53. The van der Waals surface area contributed by atoms with Gasteiger partial charge >= 0.3 is 12.3 Å². The predicted octanol–water partition coefficient (Wildman–Crippen LogP) is 4.95. The average molecular weight is 451 g/mol. The van der Waals surface area contributed by atoms with Gasteiger partial charge in [0.1, 0.15) is 0 Å². The van der Waals surface area contributed by atoms with Gasteiger partial charge in [-0.15, -0.1) is 0 Å². The van der Waals surface area contributed by atoms with Gasteiger partial charge in [-0.25, -0.2) is 0 Å². The van der Waals surface area contributed by atoms with Crippen LogP contribution in [0.3, 0.4) is 0 Å². The van der Waals surface area contributed by atoms with E-state index in [0.29, 0.717) is 23.7 Å². The fourth-order valence-electron chi connectivity index (χ4n) is 3.89. The van der Waals surface area contributed by atoms with E-state index in [1.807, 2.05) is 18.2 Å². The molecule has 162 valence electrons. The van der Waals surface area contributed by atoms with Crippen molar-refractivity contribution in [1.82, 2.24) is 9.88 Å². The van der Waals surface area contributed by atoms with Gasteiger partial charge in [0.15, 0.2) is 0 Å². The maximum absolute atomic E-state index is 12.7. The molecule has 3 aromatic rings. The highest BCUT2D eigenvalue weighted by atomic mass is 35.5. The molecule has 9 heteroatoms. The summed E-state index contributed by atoms with van der Waals surface area (Å²) < 4.78 is 38.0. The first kappa shape index (κ1) is 22.6. The summed E-state index contributed by atoms with van der Waals surface area (Å²) in [6.45, 7) is 3.07. The number of aromatic nitrogens is 1. The zero-order chi connectivity index (χ0) is 22.8. The first-order chi connectivity index (χ1) is 14.6. The lowest BCUT2D eigenvalue weighted by Gasteiger charge is -2.31. The van der Waals surface area contributed by atoms with Gasteiger partial charge in [-0.05, 0) is 41.5 Å². The zero-order valence-electron chi connectivity index (χ0n) is 16.4. The second kappa shape index (κ2) is 8.96. The molecule has 0 radical (unpaired) electrons. The van der Waals surface area contributed by atoms with Crippen LogP contribution in [0.5, 0.6) is 0 Å². The second-order valence-electron chi connectivity index (χ2n) is 7.34. The highest BCUT2D eigenvalue weighted by Gasteiger charge is 2.31. The monoisotopic (exact) mass is 450 g/mol. The van der Waals surface area contributed by atoms with Gasteiger partial charge in [-0.2, -0.15) is 22.8 Å². The number of amides is 1. The van der Waals surface area contributed by atoms with E-state index in [9.17, 15) is 18.0 Å². The summed E-state index contributed by atoms with van der Waals surface area (Å²) in [5.74, 6) is 0.0291. The summed E-state index contributed by atoms with van der Waals surface area (Å²) >= 11 is 6.13. The third-order valence-electron chi connectivity index (χ3n) is 5.21. The number of carbonyl (C=O) groups is 1. The molecule has 0 spiro atoms. The number of nitrogens with one attached hydrogen (secondary N) is 1. The number of aromatic amines is 1. The Labute approximate surface area is 180 Å². The van der Waals surface area contributed by atoms with E-state index in [0.717, 1.165) is 28.7 Å². The molecule has 1 unspecified atom stereocenters. The Morgan fingerprint density at radius 1 is 1.19 bits per heavy atom. The minimum Gasteiger partial charge on any atom is -0.357 e. The summed E-state index contributed by atoms with van der Waals surface area (Å²) in [5, 5.41) is 1.74. The Balaban J connectivity index is 0.000000858. The maximum atomic E-state index is 12.7. The Morgan fingerprint density at radius 2 is 1.84 bits per heavy atom. The summed E-state index contributed by atoms with van der Waals surface area (Å²) in [5.41, 5.74) is 3.00. The third kappa shape index (κ3) is 4.98. The van der Waals surface area contributed by atoms with E-state index in [1.54, 1.807) is 4.90 Å². The predicted molar refractivity (Wildman–Crippen MR) is 107 cm³/mol. The molecule has 4 rings (SSSR count). The lowest BCUT2D eigenvalue weighted by Crippen LogP contribution is -2.38. The molecule has 31 heavy (non-hydrogen) atoms. The molecule has 0 fully saturated rings. The van der Waals surface area contributed by atoms with Crippen molar-refractivity contribution < 1.29 is 27.6 Å². The van der Waals surface area contributed by atoms with Crippen LogP contribution in [0.2, 0.25) is 5.02 Å². The largest absolute Gasteiger partial charge is 0.416 e. The highest BCUT2D eigenvalue weighted by Crippen LogP contribution is 2.36. The van der Waals surface area contributed by atoms with Crippen molar-refractivity contribution in [3.05, 3.63) is 69.9 Å². The number of H-pyrrole nitrogens is 1. The van der Waals surface area contributed by atoms with E-state index in [2.05, 4.69) is 11.9 Å². The molecule has 0 aliphatic carbocycles. The third-order valence-corrected chi connectivity index (χ3v) is 5.44. The number of hydrogen-bond acceptors (Lipinski definition) is 3. The van der Waals surface area contributed by atoms with Crippen LogP contribution in [-0.4, -0.2) is 28.5 Å². The van der Waals surface area contributed by atoms with E-state index in [-0.39, 0.29) is 24.4 Å². The van der Waals surface area contributed by atoms with Crippen LogP contribution >= 0.6 is 11.6 Å². The number of hydrogen-bond donors (Lipinski definition) is 1. The molecule has 2 aromatic carbocycles. The first-order valence-electron chi connectivity index (χ1n) is 9.37. The molecule has 5 nitrogen and oxygen atoms in total. The lowest BCUT2D eigenvalue weighted by atomic mass is 9.93. The summed E-state index contributed by atoms with van der Waals surface area (Å²) in [7, 11) is 0. The summed E-state index contributed by atoms with van der Waals surface area (Å²) in [4.78, 5) is 34.1. The minimum atomic E-state index is -4.38. The van der Waals surface area contributed by atoms with Crippen molar-refractivity contribution in [2.75, 3.05) is 6.54 Å². The summed E-state index contributed by atoms with van der Waals surface area (Å²) in [6, 6.07) is 10.4.